The number of hydrogen-bond acceptors (Lipinski definition) is 4. The van der Waals surface area contributed by atoms with E-state index >= 15 is 0 Å². The van der Waals surface area contributed by atoms with Crippen LogP contribution in [0.15, 0.2) is 6.20 Å². The monoisotopic (exact) mass is 185 g/mol. The Bertz CT molecular complexity index is 249. The fraction of sp³-hybridized carbons (Fsp3) is 0.625. The van der Waals surface area contributed by atoms with Crippen LogP contribution < -0.4 is 11.1 Å². The smallest absolute Gasteiger partial charge is 0.184 e. The quantitative estimate of drug-likeness (QED) is 0.742. The van der Waals surface area contributed by atoms with Gasteiger partial charge in [0.1, 0.15) is 5.00 Å². The zero-order valence-corrected chi connectivity index (χ0v) is 8.53. The Balaban J connectivity index is 2.44. The first-order valence-electron chi connectivity index (χ1n) is 3.92. The Morgan fingerprint density at radius 2 is 2.25 bits per heavy atom. The van der Waals surface area contributed by atoms with Crippen molar-refractivity contribution in [2.45, 2.75) is 20.8 Å². The van der Waals surface area contributed by atoms with Crippen LogP contribution in [0.4, 0.5) is 10.1 Å². The van der Waals surface area contributed by atoms with Gasteiger partial charge in [0.05, 0.1) is 6.20 Å². The number of nitrogens with two attached hydrogens (primary N) is 1. The van der Waals surface area contributed by atoms with Crippen molar-refractivity contribution in [2.24, 2.45) is 5.41 Å². The van der Waals surface area contributed by atoms with E-state index < -0.39 is 0 Å². The number of rotatable bonds is 2. The highest BCUT2D eigenvalue weighted by molar-refractivity contribution is 7.19. The standard InChI is InChI=1S/C8H15N3S/c1-8(2,3)5-11-7-10-4-6(9)12-7/h4H,5,9H2,1-3H3,(H,10,11). The van der Waals surface area contributed by atoms with Crippen LogP contribution in [0.5, 0.6) is 0 Å². The lowest BCUT2D eigenvalue weighted by Crippen LogP contribution is -2.18. The Morgan fingerprint density at radius 1 is 1.58 bits per heavy atom. The van der Waals surface area contributed by atoms with Crippen LogP contribution >= 0.6 is 11.3 Å². The molecule has 0 unspecified atom stereocenters. The first-order valence-corrected chi connectivity index (χ1v) is 4.74. The Morgan fingerprint density at radius 3 is 2.67 bits per heavy atom. The summed E-state index contributed by atoms with van der Waals surface area (Å²) in [7, 11) is 0. The molecular formula is C8H15N3S. The summed E-state index contributed by atoms with van der Waals surface area (Å²) < 4.78 is 0. The second-order valence-electron chi connectivity index (χ2n) is 3.98. The lowest BCUT2D eigenvalue weighted by atomic mass is 9.97. The molecule has 1 aromatic heterocycles. The van der Waals surface area contributed by atoms with Gasteiger partial charge in [-0.3, -0.25) is 0 Å². The van der Waals surface area contributed by atoms with Crippen molar-refractivity contribution in [1.29, 1.82) is 0 Å². The van der Waals surface area contributed by atoms with Gasteiger partial charge in [0.25, 0.3) is 0 Å². The van der Waals surface area contributed by atoms with Crippen LogP contribution in [0.3, 0.4) is 0 Å². The highest BCUT2D eigenvalue weighted by atomic mass is 32.1. The van der Waals surface area contributed by atoms with Crippen LogP contribution in [-0.2, 0) is 0 Å². The van der Waals surface area contributed by atoms with Crippen molar-refractivity contribution < 1.29 is 0 Å². The minimum Gasteiger partial charge on any atom is -0.389 e. The van der Waals surface area contributed by atoms with Gasteiger partial charge in [-0.2, -0.15) is 0 Å². The molecule has 0 bridgehead atoms. The largest absolute Gasteiger partial charge is 0.389 e. The zero-order chi connectivity index (χ0) is 9.19. The first kappa shape index (κ1) is 9.32. The normalized spacial score (nSPS) is 11.6. The maximum absolute atomic E-state index is 5.53. The average Bonchev–Trinajstić information content (AvgIpc) is 2.30. The predicted octanol–water partition coefficient (Wildman–Crippen LogP) is 2.18. The molecule has 4 heteroatoms. The Kier molecular flexibility index (Phi) is 2.57. The molecule has 0 fully saturated rings. The van der Waals surface area contributed by atoms with Gasteiger partial charge < -0.3 is 11.1 Å². The van der Waals surface area contributed by atoms with E-state index in [0.29, 0.717) is 0 Å². The van der Waals surface area contributed by atoms with E-state index in [-0.39, 0.29) is 5.41 Å². The van der Waals surface area contributed by atoms with Gasteiger partial charge in [-0.1, -0.05) is 32.1 Å². The fourth-order valence-corrected chi connectivity index (χ4v) is 1.29. The number of nitrogens with one attached hydrogen (secondary N) is 1. The summed E-state index contributed by atoms with van der Waals surface area (Å²) in [5.74, 6) is 0. The summed E-state index contributed by atoms with van der Waals surface area (Å²) in [5.41, 5.74) is 5.81. The number of aromatic nitrogens is 1. The average molecular weight is 185 g/mol. The Hall–Kier alpha value is -0.770. The summed E-state index contributed by atoms with van der Waals surface area (Å²) in [6.07, 6.45) is 1.68. The fourth-order valence-electron chi connectivity index (χ4n) is 0.709. The van der Waals surface area contributed by atoms with E-state index in [2.05, 4.69) is 31.1 Å². The number of thiazole rings is 1. The summed E-state index contributed by atoms with van der Waals surface area (Å²) in [6, 6.07) is 0. The molecule has 3 N–H and O–H groups in total. The van der Waals surface area contributed by atoms with E-state index in [1.165, 1.54) is 11.3 Å². The molecular weight excluding hydrogens is 170 g/mol. The van der Waals surface area contributed by atoms with Gasteiger partial charge >= 0.3 is 0 Å². The van der Waals surface area contributed by atoms with Crippen LogP contribution in [0, 0.1) is 5.41 Å². The third-order valence-electron chi connectivity index (χ3n) is 1.29. The van der Waals surface area contributed by atoms with Gasteiger partial charge in [-0.05, 0) is 5.41 Å². The number of nitrogens with zero attached hydrogens (tertiary/aromatic N) is 1. The van der Waals surface area contributed by atoms with E-state index in [1.807, 2.05) is 0 Å². The lowest BCUT2D eigenvalue weighted by molar-refractivity contribution is 0.443. The molecule has 0 aliphatic heterocycles. The van der Waals surface area contributed by atoms with E-state index in [0.717, 1.165) is 16.7 Å². The molecule has 1 rings (SSSR count). The number of nitrogen functional groups attached to an aromatic ring is 1. The van der Waals surface area contributed by atoms with Gasteiger partial charge in [-0.25, -0.2) is 4.98 Å². The van der Waals surface area contributed by atoms with Crippen LogP contribution in [-0.4, -0.2) is 11.5 Å². The second-order valence-corrected chi connectivity index (χ2v) is 5.04. The molecule has 0 saturated carbocycles. The van der Waals surface area contributed by atoms with Crippen LogP contribution in [0.2, 0.25) is 0 Å². The number of hydrogen-bond donors (Lipinski definition) is 2. The highest BCUT2D eigenvalue weighted by Crippen LogP contribution is 2.21. The molecule has 0 aromatic carbocycles. The minimum atomic E-state index is 0.278. The molecule has 0 spiro atoms. The van der Waals surface area contributed by atoms with Gasteiger partial charge in [0, 0.05) is 6.54 Å². The third kappa shape index (κ3) is 3.09. The van der Waals surface area contributed by atoms with E-state index in [1.54, 1.807) is 6.20 Å². The molecule has 0 aliphatic carbocycles. The molecule has 1 heterocycles. The van der Waals surface area contributed by atoms with E-state index in [9.17, 15) is 0 Å². The van der Waals surface area contributed by atoms with Crippen molar-refractivity contribution in [2.75, 3.05) is 17.6 Å². The zero-order valence-electron chi connectivity index (χ0n) is 7.72. The summed E-state index contributed by atoms with van der Waals surface area (Å²) in [5, 5.41) is 4.89. The van der Waals surface area contributed by atoms with E-state index in [4.69, 9.17) is 5.73 Å². The van der Waals surface area contributed by atoms with Crippen molar-refractivity contribution in [3.8, 4) is 0 Å². The summed E-state index contributed by atoms with van der Waals surface area (Å²) >= 11 is 1.48. The van der Waals surface area contributed by atoms with Crippen molar-refractivity contribution in [3.05, 3.63) is 6.20 Å². The van der Waals surface area contributed by atoms with Crippen LogP contribution in [0.25, 0.3) is 0 Å². The predicted molar refractivity (Wildman–Crippen MR) is 54.5 cm³/mol. The van der Waals surface area contributed by atoms with Crippen molar-refractivity contribution in [3.63, 3.8) is 0 Å². The van der Waals surface area contributed by atoms with Gasteiger partial charge in [0.15, 0.2) is 5.13 Å². The molecule has 3 nitrogen and oxygen atoms in total. The molecule has 1 aromatic rings. The molecule has 0 amide bonds. The van der Waals surface area contributed by atoms with Crippen molar-refractivity contribution in [1.82, 2.24) is 4.98 Å². The topological polar surface area (TPSA) is 50.9 Å². The summed E-state index contributed by atoms with van der Waals surface area (Å²) in [4.78, 5) is 4.10. The first-order chi connectivity index (χ1) is 5.47. The molecule has 0 saturated heterocycles. The molecule has 68 valence electrons. The molecule has 0 aliphatic rings. The molecule has 0 radical (unpaired) electrons. The SMILES string of the molecule is CC(C)(C)CNc1ncc(N)s1. The molecule has 0 atom stereocenters. The maximum Gasteiger partial charge on any atom is 0.184 e. The lowest BCUT2D eigenvalue weighted by Gasteiger charge is -2.17. The maximum atomic E-state index is 5.53. The number of anilines is 2. The highest BCUT2D eigenvalue weighted by Gasteiger charge is 2.10. The summed E-state index contributed by atoms with van der Waals surface area (Å²) in [6.45, 7) is 7.45. The van der Waals surface area contributed by atoms with Crippen LogP contribution in [0.1, 0.15) is 20.8 Å². The van der Waals surface area contributed by atoms with Gasteiger partial charge in [0.2, 0.25) is 0 Å². The molecule has 12 heavy (non-hydrogen) atoms. The third-order valence-corrected chi connectivity index (χ3v) is 2.08. The minimum absolute atomic E-state index is 0.278. The Labute approximate surface area is 77.0 Å². The second kappa shape index (κ2) is 3.31. The van der Waals surface area contributed by atoms with Gasteiger partial charge in [-0.15, -0.1) is 0 Å². The van der Waals surface area contributed by atoms with Crippen molar-refractivity contribution >= 4 is 21.5 Å².